The molecule has 1 radical (unpaired) electrons. The summed E-state index contributed by atoms with van der Waals surface area (Å²) in [7, 11) is 0. The van der Waals surface area contributed by atoms with Crippen LogP contribution in [0.4, 0.5) is 11.5 Å². The number of nitrogens with one attached hydrogen (secondary N) is 2. The second-order valence-electron chi connectivity index (χ2n) is 6.92. The summed E-state index contributed by atoms with van der Waals surface area (Å²) < 4.78 is 0. The van der Waals surface area contributed by atoms with Crippen LogP contribution in [0.3, 0.4) is 0 Å². The van der Waals surface area contributed by atoms with Crippen molar-refractivity contribution in [1.29, 1.82) is 0 Å². The Morgan fingerprint density at radius 1 is 1.37 bits per heavy atom. The summed E-state index contributed by atoms with van der Waals surface area (Å²) in [5.41, 5.74) is 19.7. The van der Waals surface area contributed by atoms with E-state index < -0.39 is 0 Å². The van der Waals surface area contributed by atoms with Crippen LogP contribution in [0.25, 0.3) is 16.9 Å². The van der Waals surface area contributed by atoms with Crippen LogP contribution in [0.1, 0.15) is 18.9 Å². The summed E-state index contributed by atoms with van der Waals surface area (Å²) in [6, 6.07) is 10.4. The molecule has 6 heteroatoms. The van der Waals surface area contributed by atoms with Gasteiger partial charge >= 0.3 is 0 Å². The van der Waals surface area contributed by atoms with Crippen molar-refractivity contribution in [1.82, 2.24) is 4.98 Å². The SMILES string of the molecule is C=C1CC(C[NH-])CN1c1ccc(-c2ccc(N/C=C(/C)N)nc2)cc1C.[Y]. The molecule has 0 amide bonds. The molecule has 2 heterocycles. The van der Waals surface area contributed by atoms with Crippen molar-refractivity contribution in [2.24, 2.45) is 11.7 Å². The third-order valence-corrected chi connectivity index (χ3v) is 4.67. The Morgan fingerprint density at radius 2 is 2.11 bits per heavy atom. The molecule has 5 nitrogen and oxygen atoms in total. The third kappa shape index (κ3) is 5.19. The zero-order chi connectivity index (χ0) is 18.7. The monoisotopic (exact) mass is 437 g/mol. The van der Waals surface area contributed by atoms with Crippen LogP contribution in [0.15, 0.2) is 60.7 Å². The molecule has 1 unspecified atom stereocenters. The Kier molecular flexibility index (Phi) is 7.60. The summed E-state index contributed by atoms with van der Waals surface area (Å²) >= 11 is 0. The number of hydrogen-bond acceptors (Lipinski definition) is 4. The Hall–Kier alpha value is -1.69. The van der Waals surface area contributed by atoms with Gasteiger partial charge in [-0.05, 0) is 61.6 Å². The van der Waals surface area contributed by atoms with Crippen molar-refractivity contribution in [3.63, 3.8) is 0 Å². The number of nitrogens with two attached hydrogens (primary N) is 1. The zero-order valence-corrected chi connectivity index (χ0v) is 18.8. The van der Waals surface area contributed by atoms with Crippen molar-refractivity contribution < 1.29 is 32.7 Å². The smallest absolute Gasteiger partial charge is 0.129 e. The first-order chi connectivity index (χ1) is 12.5. The van der Waals surface area contributed by atoms with Crippen LogP contribution in [0, 0.1) is 12.8 Å². The fourth-order valence-corrected chi connectivity index (χ4v) is 3.28. The Balaban J connectivity index is 0.00000261. The molecule has 0 spiro atoms. The van der Waals surface area contributed by atoms with Gasteiger partial charge in [-0.2, -0.15) is 0 Å². The minimum absolute atomic E-state index is 0. The van der Waals surface area contributed by atoms with Crippen LogP contribution in [0.5, 0.6) is 0 Å². The Morgan fingerprint density at radius 3 is 2.67 bits per heavy atom. The maximum atomic E-state index is 7.62. The Bertz CT molecular complexity index is 825. The molecule has 27 heavy (non-hydrogen) atoms. The predicted octanol–water partition coefficient (Wildman–Crippen LogP) is 4.68. The summed E-state index contributed by atoms with van der Waals surface area (Å²) in [4.78, 5) is 6.69. The molecule has 0 bridgehead atoms. The molecule has 3 rings (SSSR count). The number of pyridine rings is 1. The maximum absolute atomic E-state index is 7.62. The van der Waals surface area contributed by atoms with Crippen molar-refractivity contribution in [2.45, 2.75) is 20.3 Å². The number of anilines is 2. The van der Waals surface area contributed by atoms with E-state index in [1.54, 1.807) is 6.20 Å². The topological polar surface area (TPSA) is 78.0 Å². The average molecular weight is 437 g/mol. The van der Waals surface area contributed by atoms with E-state index in [1.807, 2.05) is 25.3 Å². The summed E-state index contributed by atoms with van der Waals surface area (Å²) in [5.74, 6) is 1.15. The molecule has 1 aromatic carbocycles. The van der Waals surface area contributed by atoms with Crippen LogP contribution in [-0.4, -0.2) is 18.1 Å². The summed E-state index contributed by atoms with van der Waals surface area (Å²) in [6.07, 6.45) is 4.51. The minimum atomic E-state index is 0. The zero-order valence-electron chi connectivity index (χ0n) is 16.0. The van der Waals surface area contributed by atoms with E-state index in [0.717, 1.165) is 35.6 Å². The van der Waals surface area contributed by atoms with Gasteiger partial charge in [0.05, 0.1) is 0 Å². The largest absolute Gasteiger partial charge is 0.677 e. The van der Waals surface area contributed by atoms with Crippen molar-refractivity contribution in [3.05, 3.63) is 72.0 Å². The van der Waals surface area contributed by atoms with Gasteiger partial charge in [0.15, 0.2) is 0 Å². The fourth-order valence-electron chi connectivity index (χ4n) is 3.28. The van der Waals surface area contributed by atoms with Crippen molar-refractivity contribution in [2.75, 3.05) is 23.3 Å². The number of hydrogen-bond donors (Lipinski definition) is 2. The molecular weight excluding hydrogens is 411 g/mol. The average Bonchev–Trinajstić information content (AvgIpc) is 3.01. The van der Waals surface area contributed by atoms with Crippen LogP contribution < -0.4 is 16.0 Å². The van der Waals surface area contributed by atoms with E-state index in [4.69, 9.17) is 11.5 Å². The van der Waals surface area contributed by atoms with Gasteiger partial charge in [0.1, 0.15) is 5.82 Å². The molecule has 1 atom stereocenters. The summed E-state index contributed by atoms with van der Waals surface area (Å²) in [5, 5.41) is 3.06. The fraction of sp³-hybridized carbons (Fsp3) is 0.286. The quantitative estimate of drug-likeness (QED) is 0.712. The first-order valence-electron chi connectivity index (χ1n) is 8.83. The minimum Gasteiger partial charge on any atom is -0.677 e. The molecule has 2 aromatic rings. The summed E-state index contributed by atoms with van der Waals surface area (Å²) in [6.45, 7) is 9.48. The molecule has 1 aromatic heterocycles. The van der Waals surface area contributed by atoms with Crippen molar-refractivity contribution in [3.8, 4) is 11.1 Å². The van der Waals surface area contributed by atoms with Crippen LogP contribution in [-0.2, 0) is 32.7 Å². The van der Waals surface area contributed by atoms with Gasteiger partial charge in [0.25, 0.3) is 0 Å². The first-order valence-corrected chi connectivity index (χ1v) is 8.83. The van der Waals surface area contributed by atoms with Gasteiger partial charge in [-0.3, -0.25) is 0 Å². The van der Waals surface area contributed by atoms with E-state index in [-0.39, 0.29) is 32.7 Å². The molecular formula is C21H26N5Y-. The van der Waals surface area contributed by atoms with E-state index in [0.29, 0.717) is 18.2 Å². The van der Waals surface area contributed by atoms with E-state index in [1.165, 1.54) is 11.3 Å². The number of aryl methyl sites for hydroxylation is 1. The predicted molar refractivity (Wildman–Crippen MR) is 110 cm³/mol. The van der Waals surface area contributed by atoms with E-state index in [2.05, 4.69) is 46.9 Å². The van der Waals surface area contributed by atoms with Gasteiger partial charge in [-0.15, -0.1) is 6.54 Å². The number of benzene rings is 1. The molecule has 0 aliphatic carbocycles. The number of nitrogens with zero attached hydrogens (tertiary/aromatic N) is 2. The first kappa shape index (κ1) is 21.6. The normalized spacial score (nSPS) is 17.0. The van der Waals surface area contributed by atoms with E-state index >= 15 is 0 Å². The molecule has 4 N–H and O–H groups in total. The second kappa shape index (κ2) is 9.49. The Labute approximate surface area is 186 Å². The second-order valence-corrected chi connectivity index (χ2v) is 6.92. The standard InChI is InChI=1S/C21H26N5.Y/c1-14-8-18(19-5-7-21(25-12-19)24-11-15(2)23)4-6-20(14)26-13-17(10-22)9-16(26)3;/h4-8,11-12,17,22H,3,9-10,13,23H2,1-2H3,(H,24,25);/q-1;/b15-11-;. The third-order valence-electron chi connectivity index (χ3n) is 4.67. The maximum Gasteiger partial charge on any atom is 0.129 e. The molecule has 1 fully saturated rings. The molecule has 0 saturated carbocycles. The number of rotatable bonds is 5. The van der Waals surface area contributed by atoms with Crippen molar-refractivity contribution >= 4 is 11.5 Å². The molecule has 1 aliphatic heterocycles. The van der Waals surface area contributed by atoms with Crippen LogP contribution in [0.2, 0.25) is 0 Å². The van der Waals surface area contributed by atoms with E-state index in [9.17, 15) is 0 Å². The van der Waals surface area contributed by atoms with Gasteiger partial charge in [-0.1, -0.05) is 12.6 Å². The van der Waals surface area contributed by atoms with Gasteiger partial charge < -0.3 is 21.7 Å². The number of allylic oxidation sites excluding steroid dienone is 2. The molecule has 1 saturated heterocycles. The van der Waals surface area contributed by atoms with Crippen LogP contribution >= 0.6 is 0 Å². The molecule has 1 aliphatic rings. The number of aromatic nitrogens is 1. The molecule has 139 valence electrons. The van der Waals surface area contributed by atoms with Gasteiger partial charge in [-0.25, -0.2) is 4.98 Å². The van der Waals surface area contributed by atoms with Gasteiger partial charge in [0, 0.05) is 74.3 Å². The van der Waals surface area contributed by atoms with Gasteiger partial charge in [0.2, 0.25) is 0 Å².